The third-order valence-corrected chi connectivity index (χ3v) is 4.69. The number of anilines is 2. The van der Waals surface area contributed by atoms with Crippen LogP contribution < -0.4 is 16.0 Å². The molecule has 0 saturated carbocycles. The number of aliphatic hydroxyl groups excluding tert-OH is 1. The molecule has 1 fully saturated rings. The molecule has 1 amide bonds. The van der Waals surface area contributed by atoms with Gasteiger partial charge < -0.3 is 21.1 Å². The highest BCUT2D eigenvalue weighted by Gasteiger charge is 2.30. The second kappa shape index (κ2) is 5.83. The number of nitrogens with one attached hydrogen (secondary N) is 1. The highest BCUT2D eigenvalue weighted by Crippen LogP contribution is 2.39. The van der Waals surface area contributed by atoms with Crippen LogP contribution >= 0.6 is 11.6 Å². The number of carbonyl (C=O) groups is 1. The Morgan fingerprint density at radius 2 is 2.19 bits per heavy atom. The van der Waals surface area contributed by atoms with Crippen LogP contribution in [0.5, 0.6) is 0 Å². The molecule has 2 aliphatic rings. The SMILES string of the molecule is NC1C(=O)Nc2cc(N3CCCCCC3CO)c(Cl)cc21. The fourth-order valence-corrected chi connectivity index (χ4v) is 3.48. The Morgan fingerprint density at radius 3 is 2.95 bits per heavy atom. The molecule has 6 heteroatoms. The highest BCUT2D eigenvalue weighted by molar-refractivity contribution is 6.33. The van der Waals surface area contributed by atoms with E-state index in [0.29, 0.717) is 5.02 Å². The van der Waals surface area contributed by atoms with Crippen LogP contribution in [0.3, 0.4) is 0 Å². The zero-order valence-electron chi connectivity index (χ0n) is 11.8. The Kier molecular flexibility index (Phi) is 4.06. The van der Waals surface area contributed by atoms with Crippen molar-refractivity contribution in [2.75, 3.05) is 23.4 Å². The van der Waals surface area contributed by atoms with Gasteiger partial charge in [-0.05, 0) is 25.0 Å². The monoisotopic (exact) mass is 309 g/mol. The van der Waals surface area contributed by atoms with Crippen LogP contribution in [0.4, 0.5) is 11.4 Å². The number of nitrogens with zero attached hydrogens (tertiary/aromatic N) is 1. The van der Waals surface area contributed by atoms with Gasteiger partial charge in [0.15, 0.2) is 0 Å². The zero-order valence-corrected chi connectivity index (χ0v) is 12.6. The lowest BCUT2D eigenvalue weighted by atomic mass is 10.1. The second-order valence-electron chi connectivity index (χ2n) is 5.74. The summed E-state index contributed by atoms with van der Waals surface area (Å²) in [5.74, 6) is -0.201. The van der Waals surface area contributed by atoms with Crippen molar-refractivity contribution < 1.29 is 9.90 Å². The maximum absolute atomic E-state index is 11.7. The van der Waals surface area contributed by atoms with E-state index in [1.54, 1.807) is 6.07 Å². The fraction of sp³-hybridized carbons (Fsp3) is 0.533. The summed E-state index contributed by atoms with van der Waals surface area (Å²) in [6.07, 6.45) is 4.31. The minimum absolute atomic E-state index is 0.0776. The number of hydrogen-bond donors (Lipinski definition) is 3. The summed E-state index contributed by atoms with van der Waals surface area (Å²) in [4.78, 5) is 13.8. The van der Waals surface area contributed by atoms with Crippen LogP contribution in [0.2, 0.25) is 5.02 Å². The maximum atomic E-state index is 11.7. The van der Waals surface area contributed by atoms with Crippen molar-refractivity contribution >= 4 is 28.9 Å². The van der Waals surface area contributed by atoms with Crippen LogP contribution in [-0.4, -0.2) is 30.2 Å². The predicted octanol–water partition coefficient (Wildman–Crippen LogP) is 2.03. The van der Waals surface area contributed by atoms with Gasteiger partial charge in [0.1, 0.15) is 6.04 Å². The number of carbonyl (C=O) groups excluding carboxylic acids is 1. The Labute approximate surface area is 129 Å². The van der Waals surface area contributed by atoms with Crippen molar-refractivity contribution in [2.45, 2.75) is 37.8 Å². The van der Waals surface area contributed by atoms with Gasteiger partial charge in [0.2, 0.25) is 5.91 Å². The van der Waals surface area contributed by atoms with Gasteiger partial charge >= 0.3 is 0 Å². The molecule has 1 saturated heterocycles. The predicted molar refractivity (Wildman–Crippen MR) is 83.7 cm³/mol. The number of aliphatic hydroxyl groups is 1. The quantitative estimate of drug-likeness (QED) is 0.781. The Bertz CT molecular complexity index is 564. The third-order valence-electron chi connectivity index (χ3n) is 4.39. The first kappa shape index (κ1) is 14.6. The molecule has 0 radical (unpaired) electrons. The first-order valence-electron chi connectivity index (χ1n) is 7.39. The van der Waals surface area contributed by atoms with Gasteiger partial charge in [0.25, 0.3) is 0 Å². The number of amides is 1. The minimum atomic E-state index is -0.649. The van der Waals surface area contributed by atoms with Gasteiger partial charge in [-0.2, -0.15) is 0 Å². The molecule has 3 rings (SSSR count). The van der Waals surface area contributed by atoms with E-state index >= 15 is 0 Å². The van der Waals surface area contributed by atoms with Crippen LogP contribution in [0, 0.1) is 0 Å². The molecule has 0 aliphatic carbocycles. The van der Waals surface area contributed by atoms with Crippen LogP contribution in [0.25, 0.3) is 0 Å². The minimum Gasteiger partial charge on any atom is -0.394 e. The Morgan fingerprint density at radius 1 is 1.38 bits per heavy atom. The highest BCUT2D eigenvalue weighted by atomic mass is 35.5. The molecule has 2 unspecified atom stereocenters. The maximum Gasteiger partial charge on any atom is 0.245 e. The lowest BCUT2D eigenvalue weighted by Gasteiger charge is -2.32. The topological polar surface area (TPSA) is 78.6 Å². The van der Waals surface area contributed by atoms with Gasteiger partial charge in [-0.3, -0.25) is 4.79 Å². The number of hydrogen-bond acceptors (Lipinski definition) is 4. The molecule has 0 spiro atoms. The Balaban J connectivity index is 1.98. The average molecular weight is 310 g/mol. The zero-order chi connectivity index (χ0) is 15.0. The molecular formula is C15H20ClN3O2. The third kappa shape index (κ3) is 2.61. The van der Waals surface area contributed by atoms with E-state index in [9.17, 15) is 9.90 Å². The number of rotatable bonds is 2. The van der Waals surface area contributed by atoms with Crippen LogP contribution in [0.15, 0.2) is 12.1 Å². The van der Waals surface area contributed by atoms with E-state index in [0.717, 1.165) is 49.2 Å². The molecule has 114 valence electrons. The molecule has 21 heavy (non-hydrogen) atoms. The summed E-state index contributed by atoms with van der Waals surface area (Å²) >= 11 is 6.41. The van der Waals surface area contributed by atoms with Crippen molar-refractivity contribution in [1.82, 2.24) is 0 Å². The van der Waals surface area contributed by atoms with Gasteiger partial charge in [0, 0.05) is 17.8 Å². The Hall–Kier alpha value is -1.30. The van der Waals surface area contributed by atoms with Crippen molar-refractivity contribution in [2.24, 2.45) is 5.73 Å². The summed E-state index contributed by atoms with van der Waals surface area (Å²) < 4.78 is 0. The summed E-state index contributed by atoms with van der Waals surface area (Å²) in [5.41, 5.74) is 8.18. The summed E-state index contributed by atoms with van der Waals surface area (Å²) in [5, 5.41) is 13.0. The first-order valence-corrected chi connectivity index (χ1v) is 7.77. The number of benzene rings is 1. The molecule has 1 aromatic carbocycles. The molecular weight excluding hydrogens is 290 g/mol. The van der Waals surface area contributed by atoms with Crippen LogP contribution in [-0.2, 0) is 4.79 Å². The van der Waals surface area contributed by atoms with Crippen LogP contribution in [0.1, 0.15) is 37.3 Å². The van der Waals surface area contributed by atoms with Crippen molar-refractivity contribution in [1.29, 1.82) is 0 Å². The van der Waals surface area contributed by atoms with E-state index in [2.05, 4.69) is 10.2 Å². The molecule has 0 bridgehead atoms. The lowest BCUT2D eigenvalue weighted by Crippen LogP contribution is -2.37. The number of fused-ring (bicyclic) bond motifs is 1. The molecule has 2 heterocycles. The summed E-state index contributed by atoms with van der Waals surface area (Å²) in [6.45, 7) is 0.975. The molecule has 1 aromatic rings. The van der Waals surface area contributed by atoms with E-state index < -0.39 is 6.04 Å². The second-order valence-corrected chi connectivity index (χ2v) is 6.14. The summed E-state index contributed by atoms with van der Waals surface area (Å²) in [6, 6.07) is 3.09. The smallest absolute Gasteiger partial charge is 0.245 e. The van der Waals surface area contributed by atoms with E-state index in [-0.39, 0.29) is 18.6 Å². The van der Waals surface area contributed by atoms with Gasteiger partial charge in [-0.1, -0.05) is 24.4 Å². The standard InChI is InChI=1S/C15H20ClN3O2/c16-11-6-10-12(18-15(21)14(10)17)7-13(11)19-5-3-1-2-4-9(19)8-20/h6-7,9,14,20H,1-5,8,17H2,(H,18,21). The van der Waals surface area contributed by atoms with Gasteiger partial charge in [0.05, 0.1) is 23.4 Å². The van der Waals surface area contributed by atoms with E-state index in [1.807, 2.05) is 6.07 Å². The van der Waals surface area contributed by atoms with E-state index in [4.69, 9.17) is 17.3 Å². The average Bonchev–Trinajstić information content (AvgIpc) is 2.68. The number of nitrogens with two attached hydrogens (primary N) is 1. The van der Waals surface area contributed by atoms with Gasteiger partial charge in [-0.15, -0.1) is 0 Å². The summed E-state index contributed by atoms with van der Waals surface area (Å²) in [7, 11) is 0. The largest absolute Gasteiger partial charge is 0.394 e. The molecule has 2 atom stereocenters. The molecule has 0 aromatic heterocycles. The van der Waals surface area contributed by atoms with Crippen molar-refractivity contribution in [3.63, 3.8) is 0 Å². The number of halogens is 1. The lowest BCUT2D eigenvalue weighted by molar-refractivity contribution is -0.116. The normalized spacial score (nSPS) is 25.5. The molecule has 2 aliphatic heterocycles. The van der Waals surface area contributed by atoms with Gasteiger partial charge in [-0.25, -0.2) is 0 Å². The first-order chi connectivity index (χ1) is 10.1. The van der Waals surface area contributed by atoms with E-state index in [1.165, 1.54) is 0 Å². The molecule has 4 N–H and O–H groups in total. The molecule has 5 nitrogen and oxygen atoms in total. The van der Waals surface area contributed by atoms with Crippen molar-refractivity contribution in [3.05, 3.63) is 22.7 Å². The fourth-order valence-electron chi connectivity index (χ4n) is 3.20. The van der Waals surface area contributed by atoms with Crippen molar-refractivity contribution in [3.8, 4) is 0 Å².